The number of hydrogen-bond donors (Lipinski definition) is 0. The summed E-state index contributed by atoms with van der Waals surface area (Å²) in [4.78, 5) is 0. The van der Waals surface area contributed by atoms with Gasteiger partial charge in [0, 0.05) is 0 Å². The standard InChI is InChI=1S/C10H12ClF/c1-6-5-10(12)7(2)4-9(6)8(3)11/h4-5,8H,1-3H3. The van der Waals surface area contributed by atoms with Crippen molar-refractivity contribution in [1.82, 2.24) is 0 Å². The maximum absolute atomic E-state index is 13.0. The number of halogens is 2. The van der Waals surface area contributed by atoms with Crippen LogP contribution in [0.1, 0.15) is 29.0 Å². The average Bonchev–Trinajstić information content (AvgIpc) is 1.96. The molecule has 0 aliphatic rings. The molecule has 0 N–H and O–H groups in total. The molecule has 0 aliphatic heterocycles. The molecule has 0 amide bonds. The maximum Gasteiger partial charge on any atom is 0.126 e. The van der Waals surface area contributed by atoms with Gasteiger partial charge in [-0.05, 0) is 43.5 Å². The van der Waals surface area contributed by atoms with E-state index in [1.807, 2.05) is 19.9 Å². The van der Waals surface area contributed by atoms with Crippen LogP contribution < -0.4 is 0 Å². The van der Waals surface area contributed by atoms with Gasteiger partial charge in [0.2, 0.25) is 0 Å². The lowest BCUT2D eigenvalue weighted by Crippen LogP contribution is -1.93. The van der Waals surface area contributed by atoms with Crippen molar-refractivity contribution < 1.29 is 4.39 Å². The summed E-state index contributed by atoms with van der Waals surface area (Å²) in [6, 6.07) is 3.34. The predicted molar refractivity (Wildman–Crippen MR) is 50.1 cm³/mol. The van der Waals surface area contributed by atoms with Crippen molar-refractivity contribution in [2.24, 2.45) is 0 Å². The average molecular weight is 187 g/mol. The van der Waals surface area contributed by atoms with E-state index in [-0.39, 0.29) is 11.2 Å². The number of rotatable bonds is 1. The molecule has 1 aromatic rings. The predicted octanol–water partition coefficient (Wildman–Crippen LogP) is 3.74. The zero-order valence-corrected chi connectivity index (χ0v) is 8.24. The first-order valence-corrected chi connectivity index (χ1v) is 4.36. The highest BCUT2D eigenvalue weighted by molar-refractivity contribution is 6.20. The van der Waals surface area contributed by atoms with Gasteiger partial charge in [-0.25, -0.2) is 4.39 Å². The SMILES string of the molecule is Cc1cc(C(C)Cl)c(C)cc1F. The Balaban J connectivity index is 3.23. The number of benzene rings is 1. The van der Waals surface area contributed by atoms with E-state index >= 15 is 0 Å². The van der Waals surface area contributed by atoms with Crippen LogP contribution >= 0.6 is 11.6 Å². The molecule has 0 bridgehead atoms. The molecule has 2 heteroatoms. The molecule has 0 spiro atoms. The summed E-state index contributed by atoms with van der Waals surface area (Å²) < 4.78 is 13.0. The summed E-state index contributed by atoms with van der Waals surface area (Å²) in [5.41, 5.74) is 2.58. The van der Waals surface area contributed by atoms with E-state index in [2.05, 4.69) is 0 Å². The Kier molecular flexibility index (Phi) is 2.73. The fourth-order valence-corrected chi connectivity index (χ4v) is 1.47. The molecule has 66 valence electrons. The monoisotopic (exact) mass is 186 g/mol. The van der Waals surface area contributed by atoms with Crippen molar-refractivity contribution in [3.63, 3.8) is 0 Å². The third-order valence-corrected chi connectivity index (χ3v) is 2.21. The van der Waals surface area contributed by atoms with Crippen LogP contribution in [0.4, 0.5) is 4.39 Å². The van der Waals surface area contributed by atoms with Crippen LogP contribution in [0, 0.1) is 19.7 Å². The summed E-state index contributed by atoms with van der Waals surface area (Å²) in [6.45, 7) is 5.51. The molecule has 0 aromatic heterocycles. The van der Waals surface area contributed by atoms with Gasteiger partial charge in [0.25, 0.3) is 0 Å². The molecular formula is C10H12ClF. The van der Waals surface area contributed by atoms with Gasteiger partial charge in [-0.1, -0.05) is 6.07 Å². The molecule has 1 aromatic carbocycles. The van der Waals surface area contributed by atoms with Crippen molar-refractivity contribution in [2.75, 3.05) is 0 Å². The largest absolute Gasteiger partial charge is 0.207 e. The summed E-state index contributed by atoms with van der Waals surface area (Å²) >= 11 is 5.91. The van der Waals surface area contributed by atoms with Crippen molar-refractivity contribution in [3.8, 4) is 0 Å². The summed E-state index contributed by atoms with van der Waals surface area (Å²) in [7, 11) is 0. The van der Waals surface area contributed by atoms with Crippen molar-refractivity contribution in [2.45, 2.75) is 26.1 Å². The molecule has 0 saturated carbocycles. The van der Waals surface area contributed by atoms with Gasteiger partial charge >= 0.3 is 0 Å². The fraction of sp³-hybridized carbons (Fsp3) is 0.400. The summed E-state index contributed by atoms with van der Waals surface area (Å²) in [5, 5.41) is -0.0516. The Morgan fingerprint density at radius 3 is 2.33 bits per heavy atom. The van der Waals surface area contributed by atoms with Crippen LogP contribution in [0.5, 0.6) is 0 Å². The highest BCUT2D eigenvalue weighted by Crippen LogP contribution is 2.25. The Morgan fingerprint density at radius 2 is 1.83 bits per heavy atom. The lowest BCUT2D eigenvalue weighted by molar-refractivity contribution is 0.616. The second-order valence-corrected chi connectivity index (χ2v) is 3.73. The third kappa shape index (κ3) is 1.78. The van der Waals surface area contributed by atoms with Crippen LogP contribution in [0.15, 0.2) is 12.1 Å². The van der Waals surface area contributed by atoms with Gasteiger partial charge < -0.3 is 0 Å². The zero-order chi connectivity index (χ0) is 9.30. The van der Waals surface area contributed by atoms with E-state index in [1.165, 1.54) is 6.07 Å². The zero-order valence-electron chi connectivity index (χ0n) is 7.49. The van der Waals surface area contributed by atoms with E-state index in [9.17, 15) is 4.39 Å². The minimum Gasteiger partial charge on any atom is -0.207 e. The van der Waals surface area contributed by atoms with Gasteiger partial charge in [-0.3, -0.25) is 0 Å². The molecule has 0 saturated heterocycles. The maximum atomic E-state index is 13.0. The first-order valence-electron chi connectivity index (χ1n) is 3.93. The van der Waals surface area contributed by atoms with Crippen molar-refractivity contribution in [3.05, 3.63) is 34.6 Å². The molecule has 0 heterocycles. The first-order chi connectivity index (χ1) is 5.52. The highest BCUT2D eigenvalue weighted by Gasteiger charge is 2.07. The quantitative estimate of drug-likeness (QED) is 0.587. The Bertz CT molecular complexity index is 292. The van der Waals surface area contributed by atoms with E-state index in [0.717, 1.165) is 11.1 Å². The molecule has 1 atom stereocenters. The second kappa shape index (κ2) is 3.44. The van der Waals surface area contributed by atoms with E-state index in [1.54, 1.807) is 6.92 Å². The fourth-order valence-electron chi connectivity index (χ4n) is 1.23. The van der Waals surface area contributed by atoms with Crippen LogP contribution in [-0.4, -0.2) is 0 Å². The van der Waals surface area contributed by atoms with Gasteiger partial charge in [-0.2, -0.15) is 0 Å². The molecule has 0 nitrogen and oxygen atoms in total. The molecule has 1 unspecified atom stereocenters. The topological polar surface area (TPSA) is 0 Å². The van der Waals surface area contributed by atoms with Crippen LogP contribution in [0.2, 0.25) is 0 Å². The van der Waals surface area contributed by atoms with E-state index in [4.69, 9.17) is 11.6 Å². The molecule has 12 heavy (non-hydrogen) atoms. The van der Waals surface area contributed by atoms with E-state index in [0.29, 0.717) is 5.56 Å². The van der Waals surface area contributed by atoms with Gasteiger partial charge in [0.05, 0.1) is 5.38 Å². The first kappa shape index (κ1) is 9.53. The van der Waals surface area contributed by atoms with E-state index < -0.39 is 0 Å². The second-order valence-electron chi connectivity index (χ2n) is 3.07. The minimum absolute atomic E-state index is 0.0516. The normalized spacial score (nSPS) is 13.1. The lowest BCUT2D eigenvalue weighted by Gasteiger charge is -2.09. The number of hydrogen-bond acceptors (Lipinski definition) is 0. The van der Waals surface area contributed by atoms with Crippen LogP contribution in [-0.2, 0) is 0 Å². The molecule has 1 rings (SSSR count). The molecule has 0 radical (unpaired) electrons. The Labute approximate surface area is 77.4 Å². The van der Waals surface area contributed by atoms with Gasteiger partial charge in [0.1, 0.15) is 5.82 Å². The highest BCUT2D eigenvalue weighted by atomic mass is 35.5. The number of alkyl halides is 1. The third-order valence-electron chi connectivity index (χ3n) is 1.98. The Hall–Kier alpha value is -0.560. The van der Waals surface area contributed by atoms with Gasteiger partial charge in [0.15, 0.2) is 0 Å². The number of aryl methyl sites for hydroxylation is 2. The minimum atomic E-state index is -0.159. The molecular weight excluding hydrogens is 175 g/mol. The smallest absolute Gasteiger partial charge is 0.126 e. The molecule has 0 aliphatic carbocycles. The lowest BCUT2D eigenvalue weighted by atomic mass is 10.0. The van der Waals surface area contributed by atoms with Crippen LogP contribution in [0.3, 0.4) is 0 Å². The summed E-state index contributed by atoms with van der Waals surface area (Å²) in [5.74, 6) is -0.159. The van der Waals surface area contributed by atoms with Crippen molar-refractivity contribution in [1.29, 1.82) is 0 Å². The van der Waals surface area contributed by atoms with Gasteiger partial charge in [-0.15, -0.1) is 11.6 Å². The summed E-state index contributed by atoms with van der Waals surface area (Å²) in [6.07, 6.45) is 0. The Morgan fingerprint density at radius 1 is 1.25 bits per heavy atom. The van der Waals surface area contributed by atoms with Crippen molar-refractivity contribution >= 4 is 11.6 Å². The van der Waals surface area contributed by atoms with Crippen LogP contribution in [0.25, 0.3) is 0 Å². The molecule has 0 fully saturated rings.